The average Bonchev–Trinajstić information content (AvgIpc) is 2.67. The van der Waals surface area contributed by atoms with Gasteiger partial charge in [-0.05, 0) is 32.4 Å². The number of nitrogens with zero attached hydrogens (tertiary/aromatic N) is 5. The Morgan fingerprint density at radius 3 is 2.42 bits per heavy atom. The van der Waals surface area contributed by atoms with Gasteiger partial charge in [-0.1, -0.05) is 0 Å². The summed E-state index contributed by atoms with van der Waals surface area (Å²) in [6, 6.07) is 2.01. The van der Waals surface area contributed by atoms with Crippen molar-refractivity contribution in [2.75, 3.05) is 18.0 Å². The first kappa shape index (κ1) is 12.1. The van der Waals surface area contributed by atoms with Crippen LogP contribution in [0.1, 0.15) is 17.0 Å². The third-order valence-electron chi connectivity index (χ3n) is 3.42. The Balaban J connectivity index is 1.60. The molecule has 1 saturated heterocycles. The molecule has 0 aromatic carbocycles. The smallest absolute Gasteiger partial charge is 0.225 e. The average molecular weight is 257 g/mol. The highest BCUT2D eigenvalue weighted by Crippen LogP contribution is 2.22. The van der Waals surface area contributed by atoms with E-state index in [0.717, 1.165) is 37.0 Å². The minimum atomic E-state index is 0.642. The molecule has 0 atom stereocenters. The number of rotatable bonds is 3. The van der Waals surface area contributed by atoms with Gasteiger partial charge in [-0.15, -0.1) is 0 Å². The van der Waals surface area contributed by atoms with Gasteiger partial charge in [0, 0.05) is 43.1 Å². The van der Waals surface area contributed by atoms with E-state index in [-0.39, 0.29) is 0 Å². The highest BCUT2D eigenvalue weighted by molar-refractivity contribution is 5.35. The summed E-state index contributed by atoms with van der Waals surface area (Å²) in [4.78, 5) is 11.2. The van der Waals surface area contributed by atoms with Gasteiger partial charge < -0.3 is 4.90 Å². The van der Waals surface area contributed by atoms with E-state index >= 15 is 0 Å². The van der Waals surface area contributed by atoms with E-state index in [1.54, 1.807) is 0 Å². The van der Waals surface area contributed by atoms with Crippen molar-refractivity contribution in [3.8, 4) is 0 Å². The summed E-state index contributed by atoms with van der Waals surface area (Å²) in [6.07, 6.45) is 4.00. The molecule has 0 bridgehead atoms. The summed E-state index contributed by atoms with van der Waals surface area (Å²) in [7, 11) is 0. The Morgan fingerprint density at radius 1 is 1.16 bits per heavy atom. The molecule has 100 valence electrons. The molecule has 0 saturated carbocycles. The first-order valence-corrected chi connectivity index (χ1v) is 6.66. The highest BCUT2D eigenvalue weighted by atomic mass is 15.3. The largest absolute Gasteiger partial charge is 0.340 e. The minimum absolute atomic E-state index is 0.642. The van der Waals surface area contributed by atoms with E-state index in [4.69, 9.17) is 0 Å². The van der Waals surface area contributed by atoms with Gasteiger partial charge in [-0.25, -0.2) is 9.97 Å². The predicted octanol–water partition coefficient (Wildman–Crippen LogP) is 1.73. The summed E-state index contributed by atoms with van der Waals surface area (Å²) >= 11 is 0. The van der Waals surface area contributed by atoms with Gasteiger partial charge in [0.1, 0.15) is 0 Å². The zero-order valence-corrected chi connectivity index (χ0v) is 11.7. The lowest BCUT2D eigenvalue weighted by Crippen LogP contribution is -2.49. The third-order valence-corrected chi connectivity index (χ3v) is 3.42. The molecule has 3 heterocycles. The van der Waals surface area contributed by atoms with Crippen LogP contribution < -0.4 is 4.90 Å². The van der Waals surface area contributed by atoms with Crippen LogP contribution in [0.5, 0.6) is 0 Å². The van der Waals surface area contributed by atoms with Gasteiger partial charge in [-0.3, -0.25) is 4.68 Å². The molecule has 2 aromatic rings. The lowest BCUT2D eigenvalue weighted by atomic mass is 10.0. The van der Waals surface area contributed by atoms with Gasteiger partial charge in [-0.2, -0.15) is 5.10 Å². The molecule has 0 aliphatic carbocycles. The first-order chi connectivity index (χ1) is 9.10. The van der Waals surface area contributed by atoms with Crippen LogP contribution in [0, 0.1) is 26.7 Å². The standard InChI is InChI=1S/C14H19N5/c1-10-5-15-19(6-10)9-13-7-18(8-13)14-16-11(2)4-12(3)17-14/h4-6,13H,7-9H2,1-3H3. The first-order valence-electron chi connectivity index (χ1n) is 6.66. The van der Waals surface area contributed by atoms with E-state index in [9.17, 15) is 0 Å². The van der Waals surface area contributed by atoms with Gasteiger partial charge >= 0.3 is 0 Å². The fourth-order valence-electron chi connectivity index (χ4n) is 2.53. The molecule has 0 amide bonds. The van der Waals surface area contributed by atoms with Gasteiger partial charge in [0.25, 0.3) is 0 Å². The molecule has 1 aliphatic heterocycles. The fourth-order valence-corrected chi connectivity index (χ4v) is 2.53. The van der Waals surface area contributed by atoms with Crippen LogP contribution in [0.4, 0.5) is 5.95 Å². The zero-order valence-electron chi connectivity index (χ0n) is 11.7. The molecule has 1 aliphatic rings. The van der Waals surface area contributed by atoms with E-state index in [0.29, 0.717) is 5.92 Å². The number of hydrogen-bond acceptors (Lipinski definition) is 4. The summed E-state index contributed by atoms with van der Waals surface area (Å²) < 4.78 is 2.03. The Morgan fingerprint density at radius 2 is 1.84 bits per heavy atom. The lowest BCUT2D eigenvalue weighted by Gasteiger charge is -2.39. The third kappa shape index (κ3) is 2.59. The molecule has 19 heavy (non-hydrogen) atoms. The SMILES string of the molecule is Cc1cnn(CC2CN(c3nc(C)cc(C)n3)C2)c1. The molecule has 0 spiro atoms. The minimum Gasteiger partial charge on any atom is -0.340 e. The monoisotopic (exact) mass is 257 g/mol. The van der Waals surface area contributed by atoms with Crippen molar-refractivity contribution >= 4 is 5.95 Å². The van der Waals surface area contributed by atoms with Crippen molar-refractivity contribution in [3.05, 3.63) is 35.4 Å². The summed E-state index contributed by atoms with van der Waals surface area (Å²) in [5, 5.41) is 4.33. The van der Waals surface area contributed by atoms with Crippen LogP contribution in [0.15, 0.2) is 18.5 Å². The second-order valence-electron chi connectivity index (χ2n) is 5.46. The second-order valence-corrected chi connectivity index (χ2v) is 5.46. The lowest BCUT2D eigenvalue weighted by molar-refractivity contribution is 0.338. The van der Waals surface area contributed by atoms with Gasteiger partial charge in [0.05, 0.1) is 6.20 Å². The number of hydrogen-bond donors (Lipinski definition) is 0. The maximum Gasteiger partial charge on any atom is 0.225 e. The molecular formula is C14H19N5. The molecular weight excluding hydrogens is 238 g/mol. The van der Waals surface area contributed by atoms with Crippen LogP contribution in [0.25, 0.3) is 0 Å². The molecule has 0 N–H and O–H groups in total. The van der Waals surface area contributed by atoms with Crippen LogP contribution in [0.3, 0.4) is 0 Å². The van der Waals surface area contributed by atoms with Crippen molar-refractivity contribution in [1.29, 1.82) is 0 Å². The summed E-state index contributed by atoms with van der Waals surface area (Å²) in [5.41, 5.74) is 3.29. The van der Waals surface area contributed by atoms with E-state index in [1.807, 2.05) is 30.8 Å². The molecule has 1 fully saturated rings. The van der Waals surface area contributed by atoms with Gasteiger partial charge in [0.15, 0.2) is 0 Å². The van der Waals surface area contributed by atoms with E-state index in [2.05, 4.69) is 33.1 Å². The van der Waals surface area contributed by atoms with Crippen LogP contribution in [-0.4, -0.2) is 32.8 Å². The second kappa shape index (κ2) is 4.64. The maximum absolute atomic E-state index is 4.49. The number of aromatic nitrogens is 4. The summed E-state index contributed by atoms with van der Waals surface area (Å²) in [5.74, 6) is 1.51. The van der Waals surface area contributed by atoms with Crippen molar-refractivity contribution in [3.63, 3.8) is 0 Å². The van der Waals surface area contributed by atoms with Crippen LogP contribution in [-0.2, 0) is 6.54 Å². The van der Waals surface area contributed by atoms with Crippen LogP contribution >= 0.6 is 0 Å². The predicted molar refractivity (Wildman–Crippen MR) is 74.2 cm³/mol. The maximum atomic E-state index is 4.49. The molecule has 5 nitrogen and oxygen atoms in total. The molecule has 3 rings (SSSR count). The van der Waals surface area contributed by atoms with Gasteiger partial charge in [0.2, 0.25) is 5.95 Å². The fraction of sp³-hybridized carbons (Fsp3) is 0.500. The molecule has 0 radical (unpaired) electrons. The molecule has 0 unspecified atom stereocenters. The van der Waals surface area contributed by atoms with Crippen molar-refractivity contribution in [2.45, 2.75) is 27.3 Å². The van der Waals surface area contributed by atoms with Crippen LogP contribution in [0.2, 0.25) is 0 Å². The normalized spacial score (nSPS) is 15.6. The summed E-state index contributed by atoms with van der Waals surface area (Å²) in [6.45, 7) is 9.11. The van der Waals surface area contributed by atoms with E-state index in [1.165, 1.54) is 5.56 Å². The Labute approximate surface area is 113 Å². The topological polar surface area (TPSA) is 46.8 Å². The van der Waals surface area contributed by atoms with Crippen molar-refractivity contribution < 1.29 is 0 Å². The Hall–Kier alpha value is -1.91. The number of aryl methyl sites for hydroxylation is 3. The van der Waals surface area contributed by atoms with Crippen molar-refractivity contribution in [2.24, 2.45) is 5.92 Å². The quantitative estimate of drug-likeness (QED) is 0.840. The number of anilines is 1. The van der Waals surface area contributed by atoms with E-state index < -0.39 is 0 Å². The molecule has 2 aromatic heterocycles. The Kier molecular flexibility index (Phi) is 2.97. The Bertz CT molecular complexity index is 563. The zero-order chi connectivity index (χ0) is 13.4. The molecule has 5 heteroatoms. The van der Waals surface area contributed by atoms with Crippen molar-refractivity contribution in [1.82, 2.24) is 19.7 Å². The highest BCUT2D eigenvalue weighted by Gasteiger charge is 2.29.